The summed E-state index contributed by atoms with van der Waals surface area (Å²) in [6.07, 6.45) is 4.76. The zero-order valence-electron chi connectivity index (χ0n) is 14.4. The molecule has 0 fully saturated rings. The maximum Gasteiger partial charge on any atom is 0.357 e. The third-order valence-electron chi connectivity index (χ3n) is 3.90. The molecule has 0 saturated heterocycles. The van der Waals surface area contributed by atoms with Gasteiger partial charge in [0.05, 0.1) is 5.69 Å². The molecule has 0 unspecified atom stereocenters. The van der Waals surface area contributed by atoms with Gasteiger partial charge in [-0.3, -0.25) is 0 Å². The summed E-state index contributed by atoms with van der Waals surface area (Å²) in [5, 5.41) is 22.1. The van der Waals surface area contributed by atoms with E-state index in [4.69, 9.17) is 16.0 Å². The van der Waals surface area contributed by atoms with E-state index in [0.717, 1.165) is 11.3 Å². The quantitative estimate of drug-likeness (QED) is 0.539. The van der Waals surface area contributed by atoms with Crippen LogP contribution >= 0.6 is 11.6 Å². The summed E-state index contributed by atoms with van der Waals surface area (Å²) in [4.78, 5) is 11.5. The minimum Gasteiger partial charge on any atom is -0.476 e. The number of aromatic nitrogens is 4. The molecule has 2 aromatic heterocycles. The number of nitrogens with zero attached hydrogens (tertiary/aromatic N) is 4. The number of hydrogen-bond donors (Lipinski definition) is 1. The summed E-state index contributed by atoms with van der Waals surface area (Å²) in [7, 11) is 0. The summed E-state index contributed by atoms with van der Waals surface area (Å²) >= 11 is 5.87. The molecule has 8 heteroatoms. The van der Waals surface area contributed by atoms with Crippen molar-refractivity contribution >= 4 is 29.7 Å². The Balaban J connectivity index is 1.62. The molecule has 0 saturated carbocycles. The van der Waals surface area contributed by atoms with Gasteiger partial charge in [-0.15, -0.1) is 10.2 Å². The number of rotatable bonds is 5. The zero-order chi connectivity index (χ0) is 19.5. The van der Waals surface area contributed by atoms with Crippen molar-refractivity contribution in [2.24, 2.45) is 0 Å². The van der Waals surface area contributed by atoms with Crippen LogP contribution in [0.2, 0.25) is 5.02 Å². The van der Waals surface area contributed by atoms with Gasteiger partial charge in [0.1, 0.15) is 0 Å². The fourth-order valence-corrected chi connectivity index (χ4v) is 2.69. The van der Waals surface area contributed by atoms with Crippen LogP contribution in [0.1, 0.15) is 21.9 Å². The molecule has 138 valence electrons. The number of benzene rings is 2. The normalized spacial score (nSPS) is 11.2. The molecule has 1 N–H and O–H groups in total. The molecule has 7 nitrogen and oxygen atoms in total. The van der Waals surface area contributed by atoms with Crippen molar-refractivity contribution in [3.8, 4) is 17.1 Å². The van der Waals surface area contributed by atoms with Crippen LogP contribution < -0.4 is 0 Å². The van der Waals surface area contributed by atoms with E-state index in [1.54, 1.807) is 42.6 Å². The van der Waals surface area contributed by atoms with Crippen LogP contribution in [0.5, 0.6) is 0 Å². The summed E-state index contributed by atoms with van der Waals surface area (Å²) in [6, 6.07) is 16.3. The first-order valence-electron chi connectivity index (χ1n) is 8.26. The molecule has 4 aromatic rings. The highest BCUT2D eigenvalue weighted by atomic mass is 35.5. The highest BCUT2D eigenvalue weighted by Crippen LogP contribution is 2.21. The molecule has 2 aromatic carbocycles. The highest BCUT2D eigenvalue weighted by Gasteiger charge is 2.15. The van der Waals surface area contributed by atoms with Gasteiger partial charge in [0.15, 0.2) is 5.69 Å². The monoisotopic (exact) mass is 392 g/mol. The predicted molar refractivity (Wildman–Crippen MR) is 104 cm³/mol. The fraction of sp³-hybridized carbons (Fsp3) is 0. The number of hydrogen-bond acceptors (Lipinski definition) is 5. The Morgan fingerprint density at radius 1 is 1.04 bits per heavy atom. The fourth-order valence-electron chi connectivity index (χ4n) is 2.56. The first kappa shape index (κ1) is 17.7. The van der Waals surface area contributed by atoms with Crippen LogP contribution in [0, 0.1) is 0 Å². The molecule has 0 aliphatic carbocycles. The minimum atomic E-state index is -1.12. The topological polar surface area (TPSA) is 94.0 Å². The van der Waals surface area contributed by atoms with E-state index in [9.17, 15) is 9.90 Å². The van der Waals surface area contributed by atoms with E-state index in [1.807, 2.05) is 30.3 Å². The van der Waals surface area contributed by atoms with Crippen molar-refractivity contribution in [2.45, 2.75) is 0 Å². The van der Waals surface area contributed by atoms with Gasteiger partial charge >= 0.3 is 5.97 Å². The van der Waals surface area contributed by atoms with Crippen LogP contribution in [0.15, 0.2) is 65.2 Å². The van der Waals surface area contributed by atoms with Gasteiger partial charge in [0, 0.05) is 28.4 Å². The van der Waals surface area contributed by atoms with Gasteiger partial charge in [-0.1, -0.05) is 29.8 Å². The number of para-hydroxylation sites is 1. The number of carboxylic acid groups (broad SMARTS) is 1. The highest BCUT2D eigenvalue weighted by molar-refractivity contribution is 6.30. The molecule has 0 bridgehead atoms. The molecule has 0 radical (unpaired) electrons. The molecule has 0 aliphatic heterocycles. The van der Waals surface area contributed by atoms with E-state index in [2.05, 4.69) is 15.3 Å². The van der Waals surface area contributed by atoms with Gasteiger partial charge in [0.2, 0.25) is 11.8 Å². The zero-order valence-corrected chi connectivity index (χ0v) is 15.1. The molecular formula is C20H13ClN4O3. The Kier molecular flexibility index (Phi) is 4.74. The summed E-state index contributed by atoms with van der Waals surface area (Å²) < 4.78 is 7.11. The van der Waals surface area contributed by atoms with E-state index >= 15 is 0 Å². The average Bonchev–Trinajstić information content (AvgIpc) is 3.35. The molecule has 0 aliphatic rings. The van der Waals surface area contributed by atoms with Gasteiger partial charge in [-0.05, 0) is 42.5 Å². The average molecular weight is 393 g/mol. The SMILES string of the molecule is O=C(O)c1nn(-c2ccccc2)cc1/C=C/c1nnc(-c2ccc(Cl)cc2)o1. The lowest BCUT2D eigenvalue weighted by molar-refractivity contribution is 0.0689. The van der Waals surface area contributed by atoms with Gasteiger partial charge in [0.25, 0.3) is 0 Å². The Bertz CT molecular complexity index is 1150. The minimum absolute atomic E-state index is 0.0717. The van der Waals surface area contributed by atoms with Crippen LogP contribution in [0.3, 0.4) is 0 Å². The Labute approximate surface area is 164 Å². The van der Waals surface area contributed by atoms with Crippen molar-refractivity contribution in [3.63, 3.8) is 0 Å². The number of halogens is 1. The van der Waals surface area contributed by atoms with Gasteiger partial charge < -0.3 is 9.52 Å². The van der Waals surface area contributed by atoms with Crippen LogP contribution in [-0.2, 0) is 0 Å². The lowest BCUT2D eigenvalue weighted by Gasteiger charge is -1.98. The predicted octanol–water partition coefficient (Wildman–Crippen LogP) is 4.44. The second kappa shape index (κ2) is 7.50. The molecule has 28 heavy (non-hydrogen) atoms. The van der Waals surface area contributed by atoms with Crippen LogP contribution in [0.4, 0.5) is 0 Å². The molecule has 0 atom stereocenters. The second-order valence-corrected chi connectivity index (χ2v) is 6.24. The lowest BCUT2D eigenvalue weighted by Crippen LogP contribution is -2.01. The molecule has 0 amide bonds. The standard InChI is InChI=1S/C20H13ClN4O3/c21-15-9-6-13(7-10-15)19-23-22-17(28-19)11-8-14-12-25(24-18(14)20(26)27)16-4-2-1-3-5-16/h1-12H,(H,26,27)/b11-8+. The summed E-state index contributed by atoms with van der Waals surface area (Å²) in [6.45, 7) is 0. The van der Waals surface area contributed by atoms with Crippen LogP contribution in [0.25, 0.3) is 29.3 Å². The van der Waals surface area contributed by atoms with Crippen molar-refractivity contribution in [1.29, 1.82) is 0 Å². The van der Waals surface area contributed by atoms with Gasteiger partial charge in [-0.2, -0.15) is 5.10 Å². The Morgan fingerprint density at radius 3 is 2.50 bits per heavy atom. The van der Waals surface area contributed by atoms with E-state index in [-0.39, 0.29) is 11.6 Å². The summed E-state index contributed by atoms with van der Waals surface area (Å²) in [5.41, 5.74) is 1.84. The largest absolute Gasteiger partial charge is 0.476 e. The van der Waals surface area contributed by atoms with E-state index in [1.165, 1.54) is 4.68 Å². The smallest absolute Gasteiger partial charge is 0.357 e. The number of carbonyl (C=O) groups is 1. The Morgan fingerprint density at radius 2 is 1.79 bits per heavy atom. The van der Waals surface area contributed by atoms with Crippen molar-refractivity contribution in [1.82, 2.24) is 20.0 Å². The van der Waals surface area contributed by atoms with Crippen molar-refractivity contribution in [3.05, 3.63) is 83.0 Å². The number of aromatic carboxylic acids is 1. The lowest BCUT2D eigenvalue weighted by atomic mass is 10.2. The maximum atomic E-state index is 11.5. The first-order chi connectivity index (χ1) is 13.6. The second-order valence-electron chi connectivity index (χ2n) is 5.80. The molecular weight excluding hydrogens is 380 g/mol. The van der Waals surface area contributed by atoms with E-state index in [0.29, 0.717) is 16.5 Å². The third kappa shape index (κ3) is 3.70. The van der Waals surface area contributed by atoms with E-state index < -0.39 is 5.97 Å². The number of carboxylic acids is 1. The maximum absolute atomic E-state index is 11.5. The molecule has 2 heterocycles. The molecule has 0 spiro atoms. The Hall–Kier alpha value is -3.71. The van der Waals surface area contributed by atoms with Crippen LogP contribution in [-0.4, -0.2) is 31.1 Å². The molecule has 4 rings (SSSR count). The van der Waals surface area contributed by atoms with Gasteiger partial charge in [-0.25, -0.2) is 9.48 Å². The van der Waals surface area contributed by atoms with Crippen molar-refractivity contribution < 1.29 is 14.3 Å². The van der Waals surface area contributed by atoms with Crippen molar-refractivity contribution in [2.75, 3.05) is 0 Å². The first-order valence-corrected chi connectivity index (χ1v) is 8.64. The third-order valence-corrected chi connectivity index (χ3v) is 4.16. The summed E-state index contributed by atoms with van der Waals surface area (Å²) in [5.74, 6) is -0.537.